The van der Waals surface area contributed by atoms with Crippen LogP contribution in [0.1, 0.15) is 33.6 Å². The standard InChI is InChI=1S/C7H18N2O/c1-5-7(3,6-2)8-9(4)10/h8-9H,5-6H2,1-4H3. The van der Waals surface area contributed by atoms with Crippen LogP contribution in [0.25, 0.3) is 0 Å². The van der Waals surface area contributed by atoms with Crippen molar-refractivity contribution in [3.05, 3.63) is 5.21 Å². The van der Waals surface area contributed by atoms with Crippen molar-refractivity contribution < 1.29 is 5.17 Å². The van der Waals surface area contributed by atoms with Crippen LogP contribution in [0.3, 0.4) is 0 Å². The maximum atomic E-state index is 10.7. The molecule has 1 atom stereocenters. The third kappa shape index (κ3) is 3.15. The van der Waals surface area contributed by atoms with E-state index in [2.05, 4.69) is 26.2 Å². The summed E-state index contributed by atoms with van der Waals surface area (Å²) in [4.78, 5) is 0. The summed E-state index contributed by atoms with van der Waals surface area (Å²) >= 11 is 0. The molecule has 0 rings (SSSR count). The van der Waals surface area contributed by atoms with E-state index in [0.29, 0.717) is 0 Å². The zero-order valence-corrected chi connectivity index (χ0v) is 7.32. The molecule has 0 radical (unpaired) electrons. The highest BCUT2D eigenvalue weighted by Gasteiger charge is 2.20. The van der Waals surface area contributed by atoms with Crippen LogP contribution in [-0.4, -0.2) is 12.6 Å². The van der Waals surface area contributed by atoms with Gasteiger partial charge in [-0.15, -0.1) is 0 Å². The largest absolute Gasteiger partial charge is 0.613 e. The van der Waals surface area contributed by atoms with Crippen LogP contribution >= 0.6 is 0 Å². The van der Waals surface area contributed by atoms with Crippen molar-refractivity contribution in [3.8, 4) is 0 Å². The van der Waals surface area contributed by atoms with E-state index in [1.54, 1.807) is 7.05 Å². The van der Waals surface area contributed by atoms with Crippen LogP contribution < -0.4 is 10.6 Å². The van der Waals surface area contributed by atoms with Gasteiger partial charge in [-0.3, -0.25) is 5.17 Å². The maximum Gasteiger partial charge on any atom is 0.0839 e. The molecular weight excluding hydrogens is 128 g/mol. The van der Waals surface area contributed by atoms with Gasteiger partial charge in [-0.05, 0) is 19.8 Å². The molecule has 2 N–H and O–H groups in total. The molecule has 0 aromatic heterocycles. The molecular formula is C7H18N2O. The molecule has 0 aliphatic carbocycles. The van der Waals surface area contributed by atoms with Crippen molar-refractivity contribution in [1.29, 1.82) is 0 Å². The molecule has 3 nitrogen and oxygen atoms in total. The monoisotopic (exact) mass is 146 g/mol. The molecule has 10 heavy (non-hydrogen) atoms. The number of hydrogen-bond acceptors (Lipinski definition) is 2. The normalized spacial score (nSPS) is 15.3. The molecule has 0 aliphatic heterocycles. The molecule has 3 heteroatoms. The predicted octanol–water partition coefficient (Wildman–Crippen LogP) is 0.0822. The minimum atomic E-state index is 0.00579. The molecule has 0 aliphatic rings. The molecule has 0 amide bonds. The lowest BCUT2D eigenvalue weighted by Crippen LogP contribution is -3.13. The van der Waals surface area contributed by atoms with Crippen molar-refractivity contribution in [2.75, 3.05) is 7.05 Å². The summed E-state index contributed by atoms with van der Waals surface area (Å²) in [6.07, 6.45) is 1.98. The molecule has 1 unspecified atom stereocenters. The summed E-state index contributed by atoms with van der Waals surface area (Å²) in [6.45, 7) is 6.23. The Labute approximate surface area is 63.0 Å². The van der Waals surface area contributed by atoms with E-state index in [4.69, 9.17) is 0 Å². The van der Waals surface area contributed by atoms with E-state index in [9.17, 15) is 5.21 Å². The summed E-state index contributed by atoms with van der Waals surface area (Å²) < 4.78 is 0. The zero-order valence-electron chi connectivity index (χ0n) is 7.32. The second kappa shape index (κ2) is 3.91. The maximum absolute atomic E-state index is 10.7. The minimum absolute atomic E-state index is 0.00579. The van der Waals surface area contributed by atoms with Gasteiger partial charge in [0.05, 0.1) is 12.6 Å². The van der Waals surface area contributed by atoms with Gasteiger partial charge in [0, 0.05) is 0 Å². The number of nitrogens with one attached hydrogen (secondary N) is 2. The number of hydrogen-bond donors (Lipinski definition) is 2. The summed E-state index contributed by atoms with van der Waals surface area (Å²) in [7, 11) is 1.56. The molecule has 0 saturated heterocycles. The van der Waals surface area contributed by atoms with Crippen LogP contribution in [0, 0.1) is 5.21 Å². The van der Waals surface area contributed by atoms with Crippen molar-refractivity contribution in [1.82, 2.24) is 5.43 Å². The van der Waals surface area contributed by atoms with E-state index in [-0.39, 0.29) is 10.7 Å². The Morgan fingerprint density at radius 1 is 1.40 bits per heavy atom. The van der Waals surface area contributed by atoms with Crippen LogP contribution in [0.2, 0.25) is 0 Å². The highest BCUT2D eigenvalue weighted by molar-refractivity contribution is 4.74. The van der Waals surface area contributed by atoms with Gasteiger partial charge in [-0.2, -0.15) is 5.43 Å². The van der Waals surface area contributed by atoms with Crippen LogP contribution in [-0.2, 0) is 0 Å². The second-order valence-corrected chi connectivity index (χ2v) is 2.95. The zero-order chi connectivity index (χ0) is 8.20. The Bertz CT molecular complexity index is 89.6. The minimum Gasteiger partial charge on any atom is -0.613 e. The summed E-state index contributed by atoms with van der Waals surface area (Å²) in [5.41, 5.74) is 2.92. The number of rotatable bonds is 4. The third-order valence-corrected chi connectivity index (χ3v) is 2.04. The molecule has 0 aromatic carbocycles. The first-order chi connectivity index (χ1) is 4.54. The molecule has 0 fully saturated rings. The van der Waals surface area contributed by atoms with Gasteiger partial charge in [0.15, 0.2) is 0 Å². The fraction of sp³-hybridized carbons (Fsp3) is 1.00. The lowest BCUT2D eigenvalue weighted by atomic mass is 9.97. The van der Waals surface area contributed by atoms with Gasteiger partial charge in [0.1, 0.15) is 0 Å². The smallest absolute Gasteiger partial charge is 0.0839 e. The second-order valence-electron chi connectivity index (χ2n) is 2.95. The van der Waals surface area contributed by atoms with Gasteiger partial charge in [-0.25, -0.2) is 0 Å². The van der Waals surface area contributed by atoms with E-state index >= 15 is 0 Å². The predicted molar refractivity (Wildman–Crippen MR) is 42.4 cm³/mol. The van der Waals surface area contributed by atoms with Crippen molar-refractivity contribution in [2.24, 2.45) is 0 Å². The molecule has 0 saturated carbocycles. The first kappa shape index (κ1) is 9.88. The highest BCUT2D eigenvalue weighted by atomic mass is 16.5. The Morgan fingerprint density at radius 2 is 1.80 bits per heavy atom. The van der Waals surface area contributed by atoms with Crippen molar-refractivity contribution in [3.63, 3.8) is 0 Å². The van der Waals surface area contributed by atoms with E-state index in [0.717, 1.165) is 12.8 Å². The summed E-state index contributed by atoms with van der Waals surface area (Å²) in [6, 6.07) is 0. The Kier molecular flexibility index (Phi) is 3.86. The Hall–Kier alpha value is -0.120. The highest BCUT2D eigenvalue weighted by Crippen LogP contribution is 2.10. The Balaban J connectivity index is 3.80. The fourth-order valence-electron chi connectivity index (χ4n) is 0.852. The van der Waals surface area contributed by atoms with Crippen LogP contribution in [0.15, 0.2) is 0 Å². The van der Waals surface area contributed by atoms with E-state index in [1.807, 2.05) is 0 Å². The van der Waals surface area contributed by atoms with E-state index < -0.39 is 0 Å². The molecule has 0 spiro atoms. The molecule has 0 bridgehead atoms. The van der Waals surface area contributed by atoms with Gasteiger partial charge in [0.25, 0.3) is 0 Å². The number of quaternary nitrogens is 1. The third-order valence-electron chi connectivity index (χ3n) is 2.04. The van der Waals surface area contributed by atoms with Crippen LogP contribution in [0.5, 0.6) is 0 Å². The lowest BCUT2D eigenvalue weighted by Gasteiger charge is -2.32. The Morgan fingerprint density at radius 3 is 1.90 bits per heavy atom. The first-order valence-electron chi connectivity index (χ1n) is 3.83. The van der Waals surface area contributed by atoms with Gasteiger partial charge in [0.2, 0.25) is 0 Å². The fourth-order valence-corrected chi connectivity index (χ4v) is 0.852. The topological polar surface area (TPSA) is 39.5 Å². The van der Waals surface area contributed by atoms with Crippen LogP contribution in [0.4, 0.5) is 0 Å². The van der Waals surface area contributed by atoms with Crippen molar-refractivity contribution in [2.45, 2.75) is 39.2 Å². The van der Waals surface area contributed by atoms with Gasteiger partial charge in [-0.1, -0.05) is 13.8 Å². The van der Waals surface area contributed by atoms with E-state index in [1.165, 1.54) is 0 Å². The number of hydroxylamine groups is 1. The quantitative estimate of drug-likeness (QED) is 0.551. The average molecular weight is 146 g/mol. The first-order valence-corrected chi connectivity index (χ1v) is 3.83. The summed E-state index contributed by atoms with van der Waals surface area (Å²) in [5.74, 6) is 0. The average Bonchev–Trinajstić information content (AvgIpc) is 1.87. The molecule has 62 valence electrons. The SMILES string of the molecule is CCC(C)(CC)N[NH+](C)[O-]. The summed E-state index contributed by atoms with van der Waals surface area (Å²) in [5, 5.41) is 10.7. The van der Waals surface area contributed by atoms with Crippen molar-refractivity contribution >= 4 is 0 Å². The molecule has 0 aromatic rings. The molecule has 0 heterocycles. The van der Waals surface area contributed by atoms with Gasteiger partial charge < -0.3 is 5.21 Å². The lowest BCUT2D eigenvalue weighted by molar-refractivity contribution is -0.883. The van der Waals surface area contributed by atoms with Gasteiger partial charge >= 0.3 is 0 Å².